The van der Waals surface area contributed by atoms with Crippen LogP contribution in [-0.4, -0.2) is 42.1 Å². The van der Waals surface area contributed by atoms with E-state index in [1.807, 2.05) is 0 Å². The fourth-order valence-corrected chi connectivity index (χ4v) is 3.81. The fraction of sp³-hybridized carbons (Fsp3) is 0.333. The number of nitrogens with zero attached hydrogens (tertiary/aromatic N) is 2. The van der Waals surface area contributed by atoms with E-state index in [0.717, 1.165) is 6.07 Å². The van der Waals surface area contributed by atoms with Crippen molar-refractivity contribution in [1.29, 1.82) is 0 Å². The molecule has 3 aromatic rings. The van der Waals surface area contributed by atoms with Crippen LogP contribution in [0.25, 0.3) is 11.0 Å². The molecule has 2 aromatic carbocycles. The third-order valence-electron chi connectivity index (χ3n) is 5.24. The largest absolute Gasteiger partial charge is 0.418 e. The molecule has 0 radical (unpaired) electrons. The molecule has 0 saturated carbocycles. The molecular formula is C21H21ClF3N5O. The van der Waals surface area contributed by atoms with Crippen molar-refractivity contribution >= 4 is 34.2 Å². The number of halogens is 4. The third-order valence-corrected chi connectivity index (χ3v) is 5.48. The lowest BCUT2D eigenvalue weighted by Gasteiger charge is -2.31. The first-order valence-corrected chi connectivity index (χ1v) is 10.2. The van der Waals surface area contributed by atoms with Gasteiger partial charge in [-0.25, -0.2) is 4.98 Å². The van der Waals surface area contributed by atoms with Crippen LogP contribution in [0, 0.1) is 0 Å². The number of carbonyl (C=O) groups is 1. The van der Waals surface area contributed by atoms with Crippen LogP contribution >= 0.6 is 11.6 Å². The molecule has 31 heavy (non-hydrogen) atoms. The first-order valence-electron chi connectivity index (χ1n) is 9.85. The average Bonchev–Trinajstić information content (AvgIpc) is 3.16. The molecule has 1 unspecified atom stereocenters. The van der Waals surface area contributed by atoms with E-state index < -0.39 is 23.7 Å². The van der Waals surface area contributed by atoms with Crippen molar-refractivity contribution in [3.05, 3.63) is 58.4 Å². The second-order valence-electron chi connectivity index (χ2n) is 7.45. The van der Waals surface area contributed by atoms with Crippen LogP contribution in [0.4, 0.5) is 18.9 Å². The third kappa shape index (κ3) is 4.62. The number of amides is 1. The molecule has 164 valence electrons. The summed E-state index contributed by atoms with van der Waals surface area (Å²) in [5, 5.41) is 6.37. The summed E-state index contributed by atoms with van der Waals surface area (Å²) in [5.74, 6) is -0.123. The molecule has 0 aliphatic carbocycles. The van der Waals surface area contributed by atoms with E-state index in [9.17, 15) is 18.0 Å². The van der Waals surface area contributed by atoms with E-state index in [4.69, 9.17) is 11.6 Å². The van der Waals surface area contributed by atoms with E-state index in [2.05, 4.69) is 20.6 Å². The van der Waals surface area contributed by atoms with E-state index >= 15 is 0 Å². The maximum absolute atomic E-state index is 13.7. The fourth-order valence-electron chi connectivity index (χ4n) is 3.64. The standard InChI is InChI=1S/C21H21ClF3N5O/c1-12(19-28-16-4-3-14(22)11-17(16)29-19)27-20(31)13-2-5-18(15(10-13)21(23,24)25)30-8-6-26-7-9-30/h2-5,10-12,26H,6-9H2,1H3,(H,27,31)(H,28,29). The van der Waals surface area contributed by atoms with E-state index in [1.165, 1.54) is 12.1 Å². The molecule has 2 heterocycles. The Bertz CT molecular complexity index is 1110. The summed E-state index contributed by atoms with van der Waals surface area (Å²) in [5.41, 5.74) is 0.613. The van der Waals surface area contributed by atoms with Gasteiger partial charge in [-0.05, 0) is 43.3 Å². The van der Waals surface area contributed by atoms with Gasteiger partial charge in [-0.15, -0.1) is 0 Å². The second kappa shape index (κ2) is 8.39. The summed E-state index contributed by atoms with van der Waals surface area (Å²) < 4.78 is 41.2. The van der Waals surface area contributed by atoms with Crippen molar-refractivity contribution in [1.82, 2.24) is 20.6 Å². The van der Waals surface area contributed by atoms with E-state index in [1.54, 1.807) is 30.0 Å². The highest BCUT2D eigenvalue weighted by Gasteiger charge is 2.36. The highest BCUT2D eigenvalue weighted by molar-refractivity contribution is 6.31. The minimum Gasteiger partial charge on any atom is -0.368 e. The van der Waals surface area contributed by atoms with Crippen molar-refractivity contribution in [3.8, 4) is 0 Å². The molecule has 6 nitrogen and oxygen atoms in total. The van der Waals surface area contributed by atoms with Gasteiger partial charge >= 0.3 is 6.18 Å². The number of hydrogen-bond donors (Lipinski definition) is 3. The van der Waals surface area contributed by atoms with Crippen LogP contribution in [0.1, 0.15) is 34.7 Å². The zero-order chi connectivity index (χ0) is 22.2. The van der Waals surface area contributed by atoms with Crippen molar-refractivity contribution in [2.75, 3.05) is 31.1 Å². The van der Waals surface area contributed by atoms with E-state index in [-0.39, 0.29) is 11.3 Å². The maximum atomic E-state index is 13.7. The normalized spacial score (nSPS) is 15.8. The van der Waals surface area contributed by atoms with Gasteiger partial charge < -0.3 is 20.5 Å². The highest BCUT2D eigenvalue weighted by Crippen LogP contribution is 2.37. The summed E-state index contributed by atoms with van der Waals surface area (Å²) in [7, 11) is 0. The van der Waals surface area contributed by atoms with Gasteiger partial charge in [0, 0.05) is 42.5 Å². The number of alkyl halides is 3. The topological polar surface area (TPSA) is 73.1 Å². The lowest BCUT2D eigenvalue weighted by atomic mass is 10.1. The molecule has 0 spiro atoms. The van der Waals surface area contributed by atoms with Crippen molar-refractivity contribution < 1.29 is 18.0 Å². The van der Waals surface area contributed by atoms with E-state index in [0.29, 0.717) is 48.1 Å². The Morgan fingerprint density at radius 3 is 2.65 bits per heavy atom. The SMILES string of the molecule is CC(NC(=O)c1ccc(N2CCNCC2)c(C(F)(F)F)c1)c1nc2ccc(Cl)cc2[nH]1. The zero-order valence-electron chi connectivity index (χ0n) is 16.7. The van der Waals surface area contributed by atoms with Gasteiger partial charge in [-0.3, -0.25) is 4.79 Å². The van der Waals surface area contributed by atoms with Gasteiger partial charge in [-0.1, -0.05) is 11.6 Å². The summed E-state index contributed by atoms with van der Waals surface area (Å²) in [6.07, 6.45) is -4.57. The smallest absolute Gasteiger partial charge is 0.368 e. The van der Waals surface area contributed by atoms with Gasteiger partial charge in [0.05, 0.1) is 22.6 Å². The lowest BCUT2D eigenvalue weighted by molar-refractivity contribution is -0.137. The Kier molecular flexibility index (Phi) is 5.81. The van der Waals surface area contributed by atoms with Gasteiger partial charge in [0.1, 0.15) is 5.82 Å². The average molecular weight is 452 g/mol. The summed E-state index contributed by atoms with van der Waals surface area (Å²) in [6, 6.07) is 8.34. The number of carbonyl (C=O) groups excluding carboxylic acids is 1. The quantitative estimate of drug-likeness (QED) is 0.557. The van der Waals surface area contributed by atoms with Crippen LogP contribution in [0.15, 0.2) is 36.4 Å². The summed E-state index contributed by atoms with van der Waals surface area (Å²) in [4.78, 5) is 21.9. The summed E-state index contributed by atoms with van der Waals surface area (Å²) >= 11 is 5.98. The zero-order valence-corrected chi connectivity index (χ0v) is 17.4. The van der Waals surface area contributed by atoms with Crippen molar-refractivity contribution in [3.63, 3.8) is 0 Å². The Balaban J connectivity index is 1.57. The number of H-pyrrole nitrogens is 1. The number of benzene rings is 2. The number of fused-ring (bicyclic) bond motifs is 1. The Morgan fingerprint density at radius 1 is 1.19 bits per heavy atom. The number of aromatic nitrogens is 2. The predicted octanol–water partition coefficient (Wildman–Crippen LogP) is 4.14. The number of nitrogens with one attached hydrogen (secondary N) is 3. The molecule has 1 fully saturated rings. The predicted molar refractivity (Wildman–Crippen MR) is 114 cm³/mol. The van der Waals surface area contributed by atoms with Crippen LogP contribution in [0.2, 0.25) is 5.02 Å². The molecule has 1 aromatic heterocycles. The molecule has 1 aliphatic rings. The monoisotopic (exact) mass is 451 g/mol. The first-order chi connectivity index (χ1) is 14.7. The minimum absolute atomic E-state index is 0.0581. The number of anilines is 1. The summed E-state index contributed by atoms with van der Waals surface area (Å²) in [6.45, 7) is 3.87. The Hall–Kier alpha value is -2.78. The molecule has 1 atom stereocenters. The molecule has 0 bridgehead atoms. The van der Waals surface area contributed by atoms with Gasteiger partial charge in [-0.2, -0.15) is 13.2 Å². The van der Waals surface area contributed by atoms with Gasteiger partial charge in [0.2, 0.25) is 0 Å². The maximum Gasteiger partial charge on any atom is 0.418 e. The Labute approximate surface area is 181 Å². The second-order valence-corrected chi connectivity index (χ2v) is 7.88. The lowest BCUT2D eigenvalue weighted by Crippen LogP contribution is -2.44. The molecule has 1 amide bonds. The molecule has 3 N–H and O–H groups in total. The van der Waals surface area contributed by atoms with Crippen LogP contribution in [0.3, 0.4) is 0 Å². The van der Waals surface area contributed by atoms with Gasteiger partial charge in [0.15, 0.2) is 0 Å². The molecule has 4 rings (SSSR count). The number of imidazole rings is 1. The first kappa shape index (κ1) is 21.5. The molecule has 1 aliphatic heterocycles. The van der Waals surface area contributed by atoms with Crippen LogP contribution in [0.5, 0.6) is 0 Å². The number of hydrogen-bond acceptors (Lipinski definition) is 4. The minimum atomic E-state index is -4.57. The van der Waals surface area contributed by atoms with Crippen LogP contribution < -0.4 is 15.5 Å². The Morgan fingerprint density at radius 2 is 1.94 bits per heavy atom. The van der Waals surface area contributed by atoms with Gasteiger partial charge in [0.25, 0.3) is 5.91 Å². The molecule has 10 heteroatoms. The van der Waals surface area contributed by atoms with Crippen LogP contribution in [-0.2, 0) is 6.18 Å². The number of aromatic amines is 1. The number of piperazine rings is 1. The van der Waals surface area contributed by atoms with Crippen molar-refractivity contribution in [2.45, 2.75) is 19.1 Å². The molecule has 1 saturated heterocycles. The number of rotatable bonds is 4. The highest BCUT2D eigenvalue weighted by atomic mass is 35.5. The van der Waals surface area contributed by atoms with Crippen molar-refractivity contribution in [2.24, 2.45) is 0 Å². The molecular weight excluding hydrogens is 431 g/mol.